The summed E-state index contributed by atoms with van der Waals surface area (Å²) in [6.07, 6.45) is 0.699. The minimum Gasteiger partial charge on any atom is -0.484 e. The van der Waals surface area contributed by atoms with Crippen molar-refractivity contribution in [2.45, 2.75) is 12.5 Å². The average Bonchev–Trinajstić information content (AvgIpc) is 2.79. The molecule has 0 bridgehead atoms. The first-order chi connectivity index (χ1) is 14.7. The summed E-state index contributed by atoms with van der Waals surface area (Å²) in [4.78, 5) is 4.91. The molecule has 1 fully saturated rings. The summed E-state index contributed by atoms with van der Waals surface area (Å²) >= 11 is 6.20. The lowest BCUT2D eigenvalue weighted by Gasteiger charge is -2.36. The van der Waals surface area contributed by atoms with E-state index in [9.17, 15) is 4.39 Å². The van der Waals surface area contributed by atoms with E-state index in [1.165, 1.54) is 17.8 Å². The summed E-state index contributed by atoms with van der Waals surface area (Å²) in [5.41, 5.74) is 2.38. The highest BCUT2D eigenvalue weighted by Gasteiger charge is 2.20. The van der Waals surface area contributed by atoms with Crippen LogP contribution in [0.25, 0.3) is 0 Å². The predicted octanol–water partition coefficient (Wildman–Crippen LogP) is 5.81. The number of para-hydroxylation sites is 1. The van der Waals surface area contributed by atoms with Gasteiger partial charge in [-0.05, 0) is 35.9 Å². The number of nitrogens with zero attached hydrogens (tertiary/aromatic N) is 2. The Labute approximate surface area is 182 Å². The molecule has 0 spiro atoms. The first-order valence-corrected chi connectivity index (χ1v) is 10.8. The van der Waals surface area contributed by atoms with Crippen molar-refractivity contribution >= 4 is 17.3 Å². The SMILES string of the molecule is Fc1ccc(OC(CCN2CCN(c3ccccc3)CC2)c2ccccc2)c(Cl)c1. The second kappa shape index (κ2) is 9.96. The number of halogens is 2. The number of ether oxygens (including phenoxy) is 1. The van der Waals surface area contributed by atoms with Crippen LogP contribution in [0.4, 0.5) is 10.1 Å². The van der Waals surface area contributed by atoms with Crippen LogP contribution in [-0.4, -0.2) is 37.6 Å². The standard InChI is InChI=1S/C25H26ClFN2O/c26-23-19-21(27)11-12-25(23)30-24(20-7-3-1-4-8-20)13-14-28-15-17-29(18-16-28)22-9-5-2-6-10-22/h1-12,19,24H,13-18H2. The van der Waals surface area contributed by atoms with Gasteiger partial charge in [-0.15, -0.1) is 0 Å². The maximum absolute atomic E-state index is 13.4. The van der Waals surface area contributed by atoms with Crippen LogP contribution in [0.2, 0.25) is 5.02 Å². The van der Waals surface area contributed by atoms with Gasteiger partial charge in [-0.3, -0.25) is 4.90 Å². The van der Waals surface area contributed by atoms with Gasteiger partial charge in [0.15, 0.2) is 0 Å². The molecule has 1 unspecified atom stereocenters. The molecule has 30 heavy (non-hydrogen) atoms. The molecular weight excluding hydrogens is 399 g/mol. The summed E-state index contributed by atoms with van der Waals surface area (Å²) in [7, 11) is 0. The van der Waals surface area contributed by atoms with Crippen molar-refractivity contribution in [3.05, 3.63) is 95.3 Å². The zero-order chi connectivity index (χ0) is 20.8. The van der Waals surface area contributed by atoms with E-state index in [1.54, 1.807) is 6.07 Å². The maximum atomic E-state index is 13.4. The first kappa shape index (κ1) is 20.7. The molecule has 5 heteroatoms. The average molecular weight is 425 g/mol. The van der Waals surface area contributed by atoms with Gasteiger partial charge >= 0.3 is 0 Å². The predicted molar refractivity (Wildman–Crippen MR) is 121 cm³/mol. The third-order valence-corrected chi connectivity index (χ3v) is 5.83. The van der Waals surface area contributed by atoms with Crippen molar-refractivity contribution in [1.82, 2.24) is 4.90 Å². The Morgan fingerprint density at radius 1 is 0.867 bits per heavy atom. The van der Waals surface area contributed by atoms with E-state index >= 15 is 0 Å². The summed E-state index contributed by atoms with van der Waals surface area (Å²) in [5.74, 6) is 0.153. The minimum absolute atomic E-state index is 0.138. The first-order valence-electron chi connectivity index (χ1n) is 10.4. The van der Waals surface area contributed by atoms with Crippen molar-refractivity contribution in [3.63, 3.8) is 0 Å². The molecule has 0 saturated carbocycles. The topological polar surface area (TPSA) is 15.7 Å². The Morgan fingerprint density at radius 3 is 2.20 bits per heavy atom. The van der Waals surface area contributed by atoms with Crippen molar-refractivity contribution in [3.8, 4) is 5.75 Å². The van der Waals surface area contributed by atoms with Crippen LogP contribution < -0.4 is 9.64 Å². The lowest BCUT2D eigenvalue weighted by Crippen LogP contribution is -2.46. The van der Waals surface area contributed by atoms with Gasteiger partial charge in [-0.1, -0.05) is 60.1 Å². The van der Waals surface area contributed by atoms with E-state index in [4.69, 9.17) is 16.3 Å². The second-order valence-electron chi connectivity index (χ2n) is 7.54. The quantitative estimate of drug-likeness (QED) is 0.476. The molecule has 4 rings (SSSR count). The van der Waals surface area contributed by atoms with E-state index in [2.05, 4.69) is 52.3 Å². The summed E-state index contributed by atoms with van der Waals surface area (Å²) < 4.78 is 19.6. The maximum Gasteiger partial charge on any atom is 0.139 e. The Balaban J connectivity index is 1.38. The molecule has 0 aromatic heterocycles. The molecule has 0 aliphatic carbocycles. The minimum atomic E-state index is -0.361. The highest BCUT2D eigenvalue weighted by Crippen LogP contribution is 2.31. The van der Waals surface area contributed by atoms with Crippen molar-refractivity contribution in [2.75, 3.05) is 37.6 Å². The smallest absolute Gasteiger partial charge is 0.139 e. The molecule has 0 N–H and O–H groups in total. The summed E-state index contributed by atoms with van der Waals surface area (Å²) in [5, 5.41) is 0.299. The molecule has 3 aromatic rings. The molecule has 1 aliphatic heterocycles. The number of benzene rings is 3. The van der Waals surface area contributed by atoms with Gasteiger partial charge in [0.1, 0.15) is 17.7 Å². The Kier molecular flexibility index (Phi) is 6.88. The summed E-state index contributed by atoms with van der Waals surface area (Å²) in [6, 6.07) is 25.0. The zero-order valence-electron chi connectivity index (χ0n) is 16.9. The van der Waals surface area contributed by atoms with Crippen LogP contribution in [0.15, 0.2) is 78.9 Å². The van der Waals surface area contributed by atoms with Crippen molar-refractivity contribution in [1.29, 1.82) is 0 Å². The molecule has 1 atom stereocenters. The van der Waals surface area contributed by atoms with E-state index in [1.807, 2.05) is 18.2 Å². The van der Waals surface area contributed by atoms with Gasteiger partial charge in [0.2, 0.25) is 0 Å². The van der Waals surface area contributed by atoms with Crippen LogP contribution in [0, 0.1) is 5.82 Å². The highest BCUT2D eigenvalue weighted by atomic mass is 35.5. The van der Waals surface area contributed by atoms with Gasteiger partial charge in [0, 0.05) is 44.8 Å². The van der Waals surface area contributed by atoms with Gasteiger partial charge in [-0.2, -0.15) is 0 Å². The van der Waals surface area contributed by atoms with E-state index in [-0.39, 0.29) is 11.9 Å². The molecule has 1 aliphatic rings. The Morgan fingerprint density at radius 2 is 1.53 bits per heavy atom. The number of piperazine rings is 1. The Bertz CT molecular complexity index is 930. The molecule has 156 valence electrons. The lowest BCUT2D eigenvalue weighted by atomic mass is 10.1. The van der Waals surface area contributed by atoms with Crippen molar-refractivity contribution < 1.29 is 9.13 Å². The molecular formula is C25H26ClFN2O. The van der Waals surface area contributed by atoms with Crippen LogP contribution in [0.3, 0.4) is 0 Å². The number of rotatable bonds is 7. The molecule has 0 amide bonds. The number of hydrogen-bond donors (Lipinski definition) is 0. The molecule has 1 saturated heterocycles. The van der Waals surface area contributed by atoms with Crippen LogP contribution in [-0.2, 0) is 0 Å². The zero-order valence-corrected chi connectivity index (χ0v) is 17.6. The third-order valence-electron chi connectivity index (χ3n) is 5.54. The van der Waals surface area contributed by atoms with E-state index < -0.39 is 0 Å². The van der Waals surface area contributed by atoms with Gasteiger partial charge in [-0.25, -0.2) is 4.39 Å². The number of anilines is 1. The van der Waals surface area contributed by atoms with Crippen LogP contribution >= 0.6 is 11.6 Å². The molecule has 1 heterocycles. The number of hydrogen-bond acceptors (Lipinski definition) is 3. The van der Waals surface area contributed by atoms with Gasteiger partial charge in [0.05, 0.1) is 5.02 Å². The summed E-state index contributed by atoms with van der Waals surface area (Å²) in [6.45, 7) is 5.01. The Hall–Kier alpha value is -2.56. The van der Waals surface area contributed by atoms with Gasteiger partial charge < -0.3 is 9.64 Å². The van der Waals surface area contributed by atoms with Crippen LogP contribution in [0.1, 0.15) is 18.1 Å². The molecule has 3 aromatic carbocycles. The highest BCUT2D eigenvalue weighted by molar-refractivity contribution is 6.32. The largest absolute Gasteiger partial charge is 0.484 e. The normalized spacial score (nSPS) is 15.7. The fourth-order valence-corrected chi connectivity index (χ4v) is 4.07. The fraction of sp³-hybridized carbons (Fsp3) is 0.280. The third kappa shape index (κ3) is 5.32. The molecule has 3 nitrogen and oxygen atoms in total. The van der Waals surface area contributed by atoms with Crippen molar-refractivity contribution in [2.24, 2.45) is 0 Å². The lowest BCUT2D eigenvalue weighted by molar-refractivity contribution is 0.160. The van der Waals surface area contributed by atoms with Gasteiger partial charge in [0.25, 0.3) is 0 Å². The molecule has 0 radical (unpaired) electrons. The van der Waals surface area contributed by atoms with E-state index in [0.29, 0.717) is 10.8 Å². The second-order valence-corrected chi connectivity index (χ2v) is 7.95. The van der Waals surface area contributed by atoms with Crippen LogP contribution in [0.5, 0.6) is 5.75 Å². The van der Waals surface area contributed by atoms with E-state index in [0.717, 1.165) is 44.7 Å². The fourth-order valence-electron chi connectivity index (χ4n) is 3.85. The monoisotopic (exact) mass is 424 g/mol.